The van der Waals surface area contributed by atoms with Crippen molar-refractivity contribution in [2.45, 2.75) is 31.8 Å². The minimum atomic E-state index is -0.725. The predicted molar refractivity (Wildman–Crippen MR) is 64.2 cm³/mol. The summed E-state index contributed by atoms with van der Waals surface area (Å²) in [6, 6.07) is 0. The first-order chi connectivity index (χ1) is 8.02. The molecule has 1 fully saturated rings. The van der Waals surface area contributed by atoms with Gasteiger partial charge in [-0.15, -0.1) is 0 Å². The van der Waals surface area contributed by atoms with E-state index in [0.29, 0.717) is 5.56 Å². The van der Waals surface area contributed by atoms with Crippen LogP contribution in [0.25, 0.3) is 0 Å². The smallest absolute Gasteiger partial charge is 0.330 e. The summed E-state index contributed by atoms with van der Waals surface area (Å²) in [5.74, 6) is 0. The summed E-state index contributed by atoms with van der Waals surface area (Å²) >= 11 is 4.72. The third-order valence-corrected chi connectivity index (χ3v) is 3.00. The van der Waals surface area contributed by atoms with Gasteiger partial charge < -0.3 is 9.84 Å². The van der Waals surface area contributed by atoms with Gasteiger partial charge in [-0.25, -0.2) is 4.79 Å². The molecule has 0 radical (unpaired) electrons. The van der Waals surface area contributed by atoms with Crippen LogP contribution in [0, 0.1) is 6.92 Å². The number of aromatic nitrogens is 2. The molecule has 7 heteroatoms. The van der Waals surface area contributed by atoms with Crippen LogP contribution < -0.4 is 11.2 Å². The van der Waals surface area contributed by atoms with E-state index in [1.165, 1.54) is 16.1 Å². The molecule has 0 unspecified atom stereocenters. The lowest BCUT2D eigenvalue weighted by molar-refractivity contribution is 0.0178. The molecule has 2 rings (SSSR count). The summed E-state index contributed by atoms with van der Waals surface area (Å²) in [4.78, 5) is 25.0. The number of nitrogens with zero attached hydrogens (tertiary/aromatic N) is 1. The summed E-state index contributed by atoms with van der Waals surface area (Å²) in [5, 5.41) is 11.0. The summed E-state index contributed by atoms with van der Waals surface area (Å²) in [5.41, 5.74) is -0.563. The molecule has 1 aliphatic heterocycles. The van der Waals surface area contributed by atoms with Crippen LogP contribution in [-0.4, -0.2) is 32.2 Å². The number of thiocarbonyl (C=S) groups is 1. The van der Waals surface area contributed by atoms with E-state index in [2.05, 4.69) is 4.98 Å². The van der Waals surface area contributed by atoms with Crippen molar-refractivity contribution in [1.29, 1.82) is 0 Å². The molecule has 0 saturated carbocycles. The first-order valence-corrected chi connectivity index (χ1v) is 5.61. The second-order valence-corrected chi connectivity index (χ2v) is 4.25. The minimum Gasteiger partial charge on any atom is -0.390 e. The molecule has 0 bridgehead atoms. The Morgan fingerprint density at radius 1 is 1.65 bits per heavy atom. The predicted octanol–water partition coefficient (Wildman–Crippen LogP) is -0.507. The molecular formula is C10H12N2O4S. The van der Waals surface area contributed by atoms with Gasteiger partial charge in [-0.05, 0) is 6.92 Å². The normalized spacial score (nSPS) is 28.2. The molecule has 0 spiro atoms. The molecule has 0 aliphatic carbocycles. The summed E-state index contributed by atoms with van der Waals surface area (Å²) in [7, 11) is 0. The maximum absolute atomic E-state index is 11.6. The lowest BCUT2D eigenvalue weighted by Gasteiger charge is -2.13. The maximum Gasteiger partial charge on any atom is 0.330 e. The number of nitrogens with one attached hydrogen (secondary N) is 1. The van der Waals surface area contributed by atoms with Gasteiger partial charge in [0.15, 0.2) is 0 Å². The monoisotopic (exact) mass is 256 g/mol. The van der Waals surface area contributed by atoms with Crippen molar-refractivity contribution in [2.24, 2.45) is 0 Å². The third-order valence-electron chi connectivity index (χ3n) is 2.73. The molecule has 2 N–H and O–H groups in total. The van der Waals surface area contributed by atoms with E-state index in [1.54, 1.807) is 6.92 Å². The van der Waals surface area contributed by atoms with E-state index in [-0.39, 0.29) is 6.42 Å². The molecule has 92 valence electrons. The quantitative estimate of drug-likeness (QED) is 0.696. The van der Waals surface area contributed by atoms with Crippen LogP contribution in [0.1, 0.15) is 18.2 Å². The van der Waals surface area contributed by atoms with Crippen molar-refractivity contribution >= 4 is 17.6 Å². The van der Waals surface area contributed by atoms with Gasteiger partial charge in [-0.3, -0.25) is 14.3 Å². The fraction of sp³-hybridized carbons (Fsp3) is 0.500. The third kappa shape index (κ3) is 2.21. The number of hydrogen-bond donors (Lipinski definition) is 2. The molecule has 1 aromatic heterocycles. The first-order valence-electron chi connectivity index (χ1n) is 5.14. The van der Waals surface area contributed by atoms with Crippen LogP contribution in [0.15, 0.2) is 15.8 Å². The largest absolute Gasteiger partial charge is 0.390 e. The van der Waals surface area contributed by atoms with Crippen molar-refractivity contribution in [2.75, 3.05) is 0 Å². The van der Waals surface area contributed by atoms with Gasteiger partial charge in [0.1, 0.15) is 12.3 Å². The lowest BCUT2D eigenvalue weighted by atomic mass is 10.2. The zero-order valence-corrected chi connectivity index (χ0v) is 9.94. The first kappa shape index (κ1) is 12.2. The highest BCUT2D eigenvalue weighted by molar-refractivity contribution is 7.79. The zero-order valence-electron chi connectivity index (χ0n) is 9.12. The molecule has 1 aromatic rings. The summed E-state index contributed by atoms with van der Waals surface area (Å²) < 4.78 is 6.68. The molecule has 3 atom stereocenters. The van der Waals surface area contributed by atoms with Gasteiger partial charge in [0, 0.05) is 23.5 Å². The van der Waals surface area contributed by atoms with E-state index in [1.807, 2.05) is 0 Å². The van der Waals surface area contributed by atoms with Crippen LogP contribution in [0.4, 0.5) is 0 Å². The molecule has 2 heterocycles. The van der Waals surface area contributed by atoms with E-state index < -0.39 is 29.7 Å². The van der Waals surface area contributed by atoms with E-state index >= 15 is 0 Å². The van der Waals surface area contributed by atoms with Crippen LogP contribution in [0.5, 0.6) is 0 Å². The van der Waals surface area contributed by atoms with Crippen LogP contribution in [0.2, 0.25) is 0 Å². The second-order valence-electron chi connectivity index (χ2n) is 3.97. The number of rotatable bonds is 2. The fourth-order valence-corrected chi connectivity index (χ4v) is 2.02. The molecule has 0 aromatic carbocycles. The Kier molecular flexibility index (Phi) is 3.23. The Morgan fingerprint density at radius 2 is 2.35 bits per heavy atom. The lowest BCUT2D eigenvalue weighted by Crippen LogP contribution is -2.33. The maximum atomic E-state index is 11.6. The Labute approximate surface area is 102 Å². The SMILES string of the molecule is Cc1cn([C@H]2C[C@H](O)[C@@H](C=S)O2)c(=O)[nH]c1=O. The number of ether oxygens (including phenoxy) is 1. The van der Waals surface area contributed by atoms with Gasteiger partial charge in [0.05, 0.1) is 6.10 Å². The topological polar surface area (TPSA) is 84.3 Å². The van der Waals surface area contributed by atoms with E-state index in [9.17, 15) is 14.7 Å². The van der Waals surface area contributed by atoms with Crippen molar-refractivity contribution in [1.82, 2.24) is 9.55 Å². The van der Waals surface area contributed by atoms with Gasteiger partial charge >= 0.3 is 5.69 Å². The van der Waals surface area contributed by atoms with Gasteiger partial charge in [-0.1, -0.05) is 12.2 Å². The minimum absolute atomic E-state index is 0.267. The Balaban J connectivity index is 2.37. The van der Waals surface area contributed by atoms with Crippen LogP contribution in [-0.2, 0) is 4.74 Å². The number of aliphatic hydroxyl groups excluding tert-OH is 1. The van der Waals surface area contributed by atoms with Crippen molar-refractivity contribution in [3.63, 3.8) is 0 Å². The fourth-order valence-electron chi connectivity index (χ4n) is 1.77. The highest BCUT2D eigenvalue weighted by atomic mass is 32.1. The number of aromatic amines is 1. The molecule has 17 heavy (non-hydrogen) atoms. The second kappa shape index (κ2) is 4.52. The molecule has 0 amide bonds. The number of H-pyrrole nitrogens is 1. The van der Waals surface area contributed by atoms with E-state index in [4.69, 9.17) is 17.0 Å². The van der Waals surface area contributed by atoms with Crippen molar-refractivity contribution in [3.05, 3.63) is 32.6 Å². The highest BCUT2D eigenvalue weighted by Gasteiger charge is 2.34. The van der Waals surface area contributed by atoms with E-state index in [0.717, 1.165) is 0 Å². The molecule has 1 aliphatic rings. The Bertz CT molecular complexity index is 550. The standard InChI is InChI=1S/C10H12N2O4S/c1-5-3-12(10(15)11-9(5)14)8-2-6(13)7(4-17)16-8/h3-4,6-8,13H,2H2,1H3,(H,11,14,15)/t6-,7+,8+/m0/s1. The van der Waals surface area contributed by atoms with Crippen LogP contribution in [0.3, 0.4) is 0 Å². The Morgan fingerprint density at radius 3 is 2.94 bits per heavy atom. The van der Waals surface area contributed by atoms with Gasteiger partial charge in [0.2, 0.25) is 0 Å². The zero-order chi connectivity index (χ0) is 12.6. The van der Waals surface area contributed by atoms with Crippen LogP contribution >= 0.6 is 12.2 Å². The number of aliphatic hydroxyl groups is 1. The molecular weight excluding hydrogens is 244 g/mol. The number of hydrogen-bond acceptors (Lipinski definition) is 5. The Hall–Kier alpha value is -1.31. The molecule has 1 saturated heterocycles. The molecule has 6 nitrogen and oxygen atoms in total. The van der Waals surface area contributed by atoms with Crippen molar-refractivity contribution in [3.8, 4) is 0 Å². The summed E-state index contributed by atoms with van der Waals surface area (Å²) in [6.45, 7) is 1.59. The van der Waals surface area contributed by atoms with Gasteiger partial charge in [-0.2, -0.15) is 0 Å². The highest BCUT2D eigenvalue weighted by Crippen LogP contribution is 2.26. The average Bonchev–Trinajstić information content (AvgIpc) is 2.65. The van der Waals surface area contributed by atoms with Crippen molar-refractivity contribution < 1.29 is 9.84 Å². The number of aryl methyl sites for hydroxylation is 1. The van der Waals surface area contributed by atoms with Gasteiger partial charge in [0.25, 0.3) is 5.56 Å². The average molecular weight is 256 g/mol. The summed E-state index contributed by atoms with van der Waals surface area (Å²) in [6.07, 6.45) is -0.198.